The summed E-state index contributed by atoms with van der Waals surface area (Å²) in [5.74, 6) is -0.909. The van der Waals surface area contributed by atoms with Gasteiger partial charge >= 0.3 is 5.97 Å². The van der Waals surface area contributed by atoms with Crippen molar-refractivity contribution in [2.75, 3.05) is 11.9 Å². The van der Waals surface area contributed by atoms with Crippen LogP contribution in [-0.4, -0.2) is 33.9 Å². The van der Waals surface area contributed by atoms with E-state index in [2.05, 4.69) is 15.9 Å². The molecule has 0 aliphatic carbocycles. The molecule has 19 heavy (non-hydrogen) atoms. The molecular weight excluding hydrogens is 316 g/mol. The highest BCUT2D eigenvalue weighted by atomic mass is 79.9. The van der Waals surface area contributed by atoms with Crippen LogP contribution in [0.1, 0.15) is 24.2 Å². The SMILES string of the molecule is CCOc1cc(C(O)C(=O)O)ccc1CC(=O)CBr. The molecule has 0 saturated heterocycles. The lowest BCUT2D eigenvalue weighted by Gasteiger charge is -2.13. The number of ketones is 1. The second-order valence-corrected chi connectivity index (χ2v) is 4.45. The third kappa shape index (κ3) is 4.33. The van der Waals surface area contributed by atoms with Gasteiger partial charge in [-0.2, -0.15) is 0 Å². The summed E-state index contributed by atoms with van der Waals surface area (Å²) in [5, 5.41) is 18.5. The molecule has 1 unspecified atom stereocenters. The third-order valence-electron chi connectivity index (χ3n) is 2.48. The molecule has 0 aliphatic heterocycles. The molecule has 0 aliphatic rings. The zero-order valence-corrected chi connectivity index (χ0v) is 12.0. The van der Waals surface area contributed by atoms with E-state index in [1.807, 2.05) is 0 Å². The van der Waals surface area contributed by atoms with Gasteiger partial charge in [-0.3, -0.25) is 4.79 Å². The molecule has 0 bridgehead atoms. The summed E-state index contributed by atoms with van der Waals surface area (Å²) in [5.41, 5.74) is 0.902. The smallest absolute Gasteiger partial charge is 0.337 e. The van der Waals surface area contributed by atoms with Gasteiger partial charge in [-0.1, -0.05) is 28.1 Å². The van der Waals surface area contributed by atoms with E-state index in [0.717, 1.165) is 0 Å². The van der Waals surface area contributed by atoms with Crippen LogP contribution >= 0.6 is 15.9 Å². The molecule has 1 aromatic carbocycles. The molecule has 0 heterocycles. The van der Waals surface area contributed by atoms with Gasteiger partial charge in [-0.05, 0) is 18.6 Å². The molecule has 1 atom stereocenters. The lowest BCUT2D eigenvalue weighted by Crippen LogP contribution is -2.12. The number of aliphatic hydroxyl groups excluding tert-OH is 1. The van der Waals surface area contributed by atoms with Crippen molar-refractivity contribution in [1.82, 2.24) is 0 Å². The molecule has 0 saturated carbocycles. The molecule has 0 spiro atoms. The number of hydrogen-bond donors (Lipinski definition) is 2. The summed E-state index contributed by atoms with van der Waals surface area (Å²) >= 11 is 3.08. The van der Waals surface area contributed by atoms with Crippen molar-refractivity contribution in [2.24, 2.45) is 0 Å². The Labute approximate surface area is 119 Å². The summed E-state index contributed by atoms with van der Waals surface area (Å²) in [4.78, 5) is 22.1. The summed E-state index contributed by atoms with van der Waals surface area (Å²) in [6.45, 7) is 2.18. The fourth-order valence-electron chi connectivity index (χ4n) is 1.58. The lowest BCUT2D eigenvalue weighted by atomic mass is 10.0. The number of carboxylic acids is 1. The van der Waals surface area contributed by atoms with Crippen LogP contribution < -0.4 is 4.74 Å². The first-order valence-electron chi connectivity index (χ1n) is 5.73. The van der Waals surface area contributed by atoms with Crippen LogP contribution in [0.25, 0.3) is 0 Å². The number of alkyl halides is 1. The number of ether oxygens (including phenoxy) is 1. The van der Waals surface area contributed by atoms with Crippen LogP contribution in [0.3, 0.4) is 0 Å². The molecule has 0 fully saturated rings. The minimum Gasteiger partial charge on any atom is -0.494 e. The fourth-order valence-corrected chi connectivity index (χ4v) is 1.78. The molecule has 6 heteroatoms. The number of rotatable bonds is 7. The molecule has 0 radical (unpaired) electrons. The van der Waals surface area contributed by atoms with Crippen LogP contribution in [0, 0.1) is 0 Å². The topological polar surface area (TPSA) is 83.8 Å². The number of aliphatic hydroxyl groups is 1. The minimum atomic E-state index is -1.60. The van der Waals surface area contributed by atoms with Crippen molar-refractivity contribution in [3.63, 3.8) is 0 Å². The second kappa shape index (κ2) is 7.25. The van der Waals surface area contributed by atoms with Gasteiger partial charge in [0.25, 0.3) is 0 Å². The lowest BCUT2D eigenvalue weighted by molar-refractivity contribution is -0.147. The molecule has 1 rings (SSSR count). The van der Waals surface area contributed by atoms with E-state index in [0.29, 0.717) is 17.9 Å². The number of carbonyl (C=O) groups excluding carboxylic acids is 1. The Bertz CT molecular complexity index is 472. The summed E-state index contributed by atoms with van der Waals surface area (Å²) in [6, 6.07) is 4.55. The molecule has 5 nitrogen and oxygen atoms in total. The Kier molecular flexibility index (Phi) is 5.98. The number of aliphatic carboxylic acids is 1. The summed E-state index contributed by atoms with van der Waals surface area (Å²) < 4.78 is 5.38. The first kappa shape index (κ1) is 15.7. The Morgan fingerprint density at radius 3 is 2.63 bits per heavy atom. The Balaban J connectivity index is 3.06. The van der Waals surface area contributed by atoms with E-state index in [1.54, 1.807) is 13.0 Å². The highest BCUT2D eigenvalue weighted by molar-refractivity contribution is 9.09. The van der Waals surface area contributed by atoms with Gasteiger partial charge in [-0.25, -0.2) is 4.79 Å². The highest BCUT2D eigenvalue weighted by Crippen LogP contribution is 2.25. The predicted molar refractivity (Wildman–Crippen MR) is 72.7 cm³/mol. The summed E-state index contributed by atoms with van der Waals surface area (Å²) in [6.07, 6.45) is -1.40. The van der Waals surface area contributed by atoms with Crippen LogP contribution in [0.5, 0.6) is 5.75 Å². The fraction of sp³-hybridized carbons (Fsp3) is 0.385. The highest BCUT2D eigenvalue weighted by Gasteiger charge is 2.18. The van der Waals surface area contributed by atoms with Crippen molar-refractivity contribution in [2.45, 2.75) is 19.4 Å². The second-order valence-electron chi connectivity index (χ2n) is 3.89. The average Bonchev–Trinajstić information content (AvgIpc) is 2.39. The molecule has 1 aromatic rings. The Morgan fingerprint density at radius 2 is 2.11 bits per heavy atom. The third-order valence-corrected chi connectivity index (χ3v) is 3.10. The summed E-state index contributed by atoms with van der Waals surface area (Å²) in [7, 11) is 0. The van der Waals surface area contributed by atoms with Crippen molar-refractivity contribution in [1.29, 1.82) is 0 Å². The predicted octanol–water partition coefficient (Wildman–Crippen LogP) is 1.71. The van der Waals surface area contributed by atoms with Gasteiger partial charge in [0.1, 0.15) is 11.5 Å². The number of carbonyl (C=O) groups is 2. The normalized spacial score (nSPS) is 11.9. The van der Waals surface area contributed by atoms with E-state index in [-0.39, 0.29) is 23.1 Å². The first-order chi connectivity index (χ1) is 8.99. The zero-order valence-electron chi connectivity index (χ0n) is 10.4. The molecule has 0 aromatic heterocycles. The van der Waals surface area contributed by atoms with Gasteiger partial charge < -0.3 is 14.9 Å². The van der Waals surface area contributed by atoms with E-state index in [1.165, 1.54) is 12.1 Å². The maximum absolute atomic E-state index is 11.4. The number of halogens is 1. The van der Waals surface area contributed by atoms with E-state index >= 15 is 0 Å². The van der Waals surface area contributed by atoms with Gasteiger partial charge in [0.2, 0.25) is 0 Å². The van der Waals surface area contributed by atoms with Gasteiger partial charge in [0, 0.05) is 12.0 Å². The number of benzene rings is 1. The number of hydrogen-bond acceptors (Lipinski definition) is 4. The van der Waals surface area contributed by atoms with Gasteiger partial charge in [-0.15, -0.1) is 0 Å². The van der Waals surface area contributed by atoms with Crippen LogP contribution in [-0.2, 0) is 16.0 Å². The minimum absolute atomic E-state index is 0.00696. The van der Waals surface area contributed by atoms with Crippen LogP contribution in [0.2, 0.25) is 0 Å². The monoisotopic (exact) mass is 330 g/mol. The molecule has 2 N–H and O–H groups in total. The number of carboxylic acid groups (broad SMARTS) is 1. The molecule has 0 amide bonds. The van der Waals surface area contributed by atoms with Crippen molar-refractivity contribution in [3.8, 4) is 5.75 Å². The first-order valence-corrected chi connectivity index (χ1v) is 6.85. The van der Waals surface area contributed by atoms with E-state index in [4.69, 9.17) is 9.84 Å². The van der Waals surface area contributed by atoms with Gasteiger partial charge in [0.15, 0.2) is 6.10 Å². The quantitative estimate of drug-likeness (QED) is 0.743. The van der Waals surface area contributed by atoms with Gasteiger partial charge in [0.05, 0.1) is 11.9 Å². The standard InChI is InChI=1S/C13H15BrO5/c1-2-19-11-6-9(12(16)13(17)18)4-3-8(11)5-10(15)7-14/h3-4,6,12,16H,2,5,7H2,1H3,(H,17,18). The maximum atomic E-state index is 11.4. The van der Waals surface area contributed by atoms with Crippen LogP contribution in [0.4, 0.5) is 0 Å². The number of Topliss-reactive ketones (excluding diaryl/α,β-unsaturated/α-hetero) is 1. The van der Waals surface area contributed by atoms with Crippen molar-refractivity contribution >= 4 is 27.7 Å². The zero-order chi connectivity index (χ0) is 14.4. The molecule has 104 valence electrons. The van der Waals surface area contributed by atoms with E-state index in [9.17, 15) is 14.7 Å². The Hall–Kier alpha value is -1.40. The van der Waals surface area contributed by atoms with E-state index < -0.39 is 12.1 Å². The van der Waals surface area contributed by atoms with Crippen molar-refractivity contribution in [3.05, 3.63) is 29.3 Å². The Morgan fingerprint density at radius 1 is 1.42 bits per heavy atom. The van der Waals surface area contributed by atoms with Crippen LogP contribution in [0.15, 0.2) is 18.2 Å². The average molecular weight is 331 g/mol. The molecular formula is C13H15BrO5. The largest absolute Gasteiger partial charge is 0.494 e. The maximum Gasteiger partial charge on any atom is 0.337 e. The van der Waals surface area contributed by atoms with Crippen molar-refractivity contribution < 1.29 is 24.5 Å².